The molecule has 3 heterocycles. The molecular formula is C18H24N6O. The fourth-order valence-corrected chi connectivity index (χ4v) is 4.23. The van der Waals surface area contributed by atoms with E-state index in [0.717, 1.165) is 35.6 Å². The molecule has 3 aliphatic rings. The number of aromatic amines is 2. The summed E-state index contributed by atoms with van der Waals surface area (Å²) in [4.78, 5) is 27.2. The minimum Gasteiger partial charge on any atom is -0.346 e. The number of aryl methyl sites for hydroxylation is 2. The Hall–Kier alpha value is -2.18. The van der Waals surface area contributed by atoms with Crippen molar-refractivity contribution in [2.75, 3.05) is 13.1 Å². The maximum atomic E-state index is 13.0. The Balaban J connectivity index is 1.39. The molecular weight excluding hydrogens is 316 g/mol. The maximum Gasteiger partial charge on any atom is 0.274 e. The van der Waals surface area contributed by atoms with Gasteiger partial charge in [0.2, 0.25) is 0 Å². The van der Waals surface area contributed by atoms with Gasteiger partial charge < -0.3 is 9.88 Å². The average molecular weight is 340 g/mol. The van der Waals surface area contributed by atoms with Crippen LogP contribution in [0.15, 0.2) is 0 Å². The summed E-state index contributed by atoms with van der Waals surface area (Å²) in [5.74, 6) is 4.81. The van der Waals surface area contributed by atoms with Crippen LogP contribution in [-0.4, -0.2) is 49.0 Å². The topological polar surface area (TPSA) is 90.6 Å². The van der Waals surface area contributed by atoms with Gasteiger partial charge >= 0.3 is 0 Å². The molecule has 7 nitrogen and oxygen atoms in total. The van der Waals surface area contributed by atoms with Gasteiger partial charge in [0.25, 0.3) is 5.91 Å². The van der Waals surface area contributed by atoms with Crippen molar-refractivity contribution in [3.8, 4) is 0 Å². The summed E-state index contributed by atoms with van der Waals surface area (Å²) in [5, 5.41) is 7.60. The number of rotatable bonds is 4. The van der Waals surface area contributed by atoms with Crippen molar-refractivity contribution in [2.45, 2.75) is 51.4 Å². The molecule has 3 fully saturated rings. The number of likely N-dealkylation sites (tertiary alicyclic amines) is 1. The lowest BCUT2D eigenvalue weighted by Gasteiger charge is -2.15. The first kappa shape index (κ1) is 15.1. The molecule has 25 heavy (non-hydrogen) atoms. The predicted octanol–water partition coefficient (Wildman–Crippen LogP) is 2.29. The molecule has 132 valence electrons. The fourth-order valence-electron chi connectivity index (χ4n) is 4.23. The van der Waals surface area contributed by atoms with E-state index in [9.17, 15) is 4.79 Å². The average Bonchev–Trinajstić information content (AvgIpc) is 3.50. The lowest BCUT2D eigenvalue weighted by molar-refractivity contribution is 0.0778. The SMILES string of the molecule is Cc1nc(C(=O)N2C[C@H](c3nc(C4CC4)n[nH]3)[C@@H](C3CC3)C2)c(C)[nH]1. The van der Waals surface area contributed by atoms with E-state index in [4.69, 9.17) is 4.98 Å². The first-order valence-electron chi connectivity index (χ1n) is 9.35. The zero-order valence-electron chi connectivity index (χ0n) is 14.7. The van der Waals surface area contributed by atoms with Gasteiger partial charge in [-0.15, -0.1) is 0 Å². The molecule has 2 aromatic rings. The molecule has 0 bridgehead atoms. The van der Waals surface area contributed by atoms with E-state index in [0.29, 0.717) is 24.1 Å². The molecule has 1 saturated heterocycles. The van der Waals surface area contributed by atoms with Crippen molar-refractivity contribution in [1.82, 2.24) is 30.0 Å². The number of amides is 1. The van der Waals surface area contributed by atoms with Gasteiger partial charge in [-0.2, -0.15) is 5.10 Å². The molecule has 0 aromatic carbocycles. The minimum absolute atomic E-state index is 0.0388. The molecule has 5 rings (SSSR count). The van der Waals surface area contributed by atoms with Crippen LogP contribution in [0.4, 0.5) is 0 Å². The van der Waals surface area contributed by atoms with Crippen LogP contribution >= 0.6 is 0 Å². The molecule has 2 atom stereocenters. The molecule has 2 N–H and O–H groups in total. The Morgan fingerprint density at radius 1 is 1.12 bits per heavy atom. The highest BCUT2D eigenvalue weighted by atomic mass is 16.2. The van der Waals surface area contributed by atoms with Crippen molar-refractivity contribution in [3.05, 3.63) is 28.9 Å². The summed E-state index contributed by atoms with van der Waals surface area (Å²) < 4.78 is 0. The van der Waals surface area contributed by atoms with Gasteiger partial charge in [0.15, 0.2) is 5.82 Å². The van der Waals surface area contributed by atoms with E-state index in [1.807, 2.05) is 18.7 Å². The van der Waals surface area contributed by atoms with Crippen LogP contribution in [0.25, 0.3) is 0 Å². The Morgan fingerprint density at radius 3 is 2.56 bits per heavy atom. The van der Waals surface area contributed by atoms with Gasteiger partial charge in [-0.25, -0.2) is 9.97 Å². The Labute approximate surface area is 146 Å². The van der Waals surface area contributed by atoms with Gasteiger partial charge in [-0.3, -0.25) is 9.89 Å². The summed E-state index contributed by atoms with van der Waals surface area (Å²) >= 11 is 0. The van der Waals surface area contributed by atoms with Crippen LogP contribution < -0.4 is 0 Å². The standard InChI is InChI=1S/C18H24N6O/c1-9-15(20-10(2)19-9)18(25)24-7-13(11-3-4-11)14(8-24)17-21-16(22-23-17)12-5-6-12/h11-14H,3-8H2,1-2H3,(H,19,20)(H,21,22,23)/t13-,14+/m1/s1. The number of H-pyrrole nitrogens is 2. The third-order valence-electron chi connectivity index (χ3n) is 5.90. The van der Waals surface area contributed by atoms with Gasteiger partial charge in [-0.1, -0.05) is 0 Å². The van der Waals surface area contributed by atoms with E-state index >= 15 is 0 Å². The molecule has 2 aromatic heterocycles. The van der Waals surface area contributed by atoms with Gasteiger partial charge in [0, 0.05) is 30.6 Å². The summed E-state index contributed by atoms with van der Waals surface area (Å²) in [6.45, 7) is 5.32. The molecule has 0 radical (unpaired) electrons. The molecule has 0 unspecified atom stereocenters. The van der Waals surface area contributed by atoms with Crippen LogP contribution in [0.2, 0.25) is 0 Å². The second-order valence-corrected chi connectivity index (χ2v) is 7.97. The van der Waals surface area contributed by atoms with Gasteiger partial charge in [-0.05, 0) is 51.4 Å². The molecule has 1 amide bonds. The minimum atomic E-state index is 0.0388. The Kier molecular flexibility index (Phi) is 3.27. The van der Waals surface area contributed by atoms with Crippen LogP contribution in [0.5, 0.6) is 0 Å². The number of imidazole rings is 1. The molecule has 7 heteroatoms. The smallest absolute Gasteiger partial charge is 0.274 e. The lowest BCUT2D eigenvalue weighted by atomic mass is 9.91. The normalized spacial score (nSPS) is 26.4. The second-order valence-electron chi connectivity index (χ2n) is 7.97. The van der Waals surface area contributed by atoms with Crippen LogP contribution in [-0.2, 0) is 0 Å². The zero-order chi connectivity index (χ0) is 17.1. The number of carbonyl (C=O) groups excluding carboxylic acids is 1. The Morgan fingerprint density at radius 2 is 1.92 bits per heavy atom. The third kappa shape index (κ3) is 2.65. The second kappa shape index (κ2) is 5.41. The first-order chi connectivity index (χ1) is 12.1. The third-order valence-corrected chi connectivity index (χ3v) is 5.90. The van der Waals surface area contributed by atoms with Gasteiger partial charge in [0.1, 0.15) is 17.3 Å². The van der Waals surface area contributed by atoms with E-state index in [1.54, 1.807) is 0 Å². The number of nitrogens with zero attached hydrogens (tertiary/aromatic N) is 4. The van der Waals surface area contributed by atoms with E-state index in [2.05, 4.69) is 20.2 Å². The molecule has 2 saturated carbocycles. The maximum absolute atomic E-state index is 13.0. The summed E-state index contributed by atoms with van der Waals surface area (Å²) in [6, 6.07) is 0. The summed E-state index contributed by atoms with van der Waals surface area (Å²) in [7, 11) is 0. The van der Waals surface area contributed by atoms with E-state index in [1.165, 1.54) is 25.7 Å². The highest BCUT2D eigenvalue weighted by molar-refractivity contribution is 5.93. The summed E-state index contributed by atoms with van der Waals surface area (Å²) in [6.07, 6.45) is 4.95. The highest BCUT2D eigenvalue weighted by Gasteiger charge is 2.46. The number of hydrogen-bond acceptors (Lipinski definition) is 4. The first-order valence-corrected chi connectivity index (χ1v) is 9.35. The zero-order valence-corrected chi connectivity index (χ0v) is 14.7. The number of nitrogens with one attached hydrogen (secondary N) is 2. The van der Waals surface area contributed by atoms with Crippen molar-refractivity contribution >= 4 is 5.91 Å². The number of aromatic nitrogens is 5. The fraction of sp³-hybridized carbons (Fsp3) is 0.667. The largest absolute Gasteiger partial charge is 0.346 e. The van der Waals surface area contributed by atoms with Crippen LogP contribution in [0.3, 0.4) is 0 Å². The quantitative estimate of drug-likeness (QED) is 0.893. The lowest BCUT2D eigenvalue weighted by Crippen LogP contribution is -2.30. The van der Waals surface area contributed by atoms with Crippen LogP contribution in [0, 0.1) is 25.7 Å². The number of hydrogen-bond donors (Lipinski definition) is 2. The van der Waals surface area contributed by atoms with Crippen molar-refractivity contribution in [2.24, 2.45) is 11.8 Å². The molecule has 0 spiro atoms. The van der Waals surface area contributed by atoms with Crippen molar-refractivity contribution in [1.29, 1.82) is 0 Å². The van der Waals surface area contributed by atoms with E-state index in [-0.39, 0.29) is 11.8 Å². The number of carbonyl (C=O) groups is 1. The van der Waals surface area contributed by atoms with Crippen molar-refractivity contribution < 1.29 is 4.79 Å². The van der Waals surface area contributed by atoms with E-state index < -0.39 is 0 Å². The molecule has 1 aliphatic heterocycles. The predicted molar refractivity (Wildman–Crippen MR) is 91.3 cm³/mol. The van der Waals surface area contributed by atoms with Gasteiger partial charge in [0.05, 0.1) is 0 Å². The monoisotopic (exact) mass is 340 g/mol. The van der Waals surface area contributed by atoms with Crippen molar-refractivity contribution in [3.63, 3.8) is 0 Å². The summed E-state index contributed by atoms with van der Waals surface area (Å²) in [5.41, 5.74) is 1.41. The Bertz CT molecular complexity index is 815. The molecule has 2 aliphatic carbocycles. The highest BCUT2D eigenvalue weighted by Crippen LogP contribution is 2.47. The van der Waals surface area contributed by atoms with Crippen LogP contribution in [0.1, 0.15) is 71.2 Å².